The van der Waals surface area contributed by atoms with Gasteiger partial charge in [-0.15, -0.1) is 0 Å². The van der Waals surface area contributed by atoms with Gasteiger partial charge in [0.05, 0.1) is 19.2 Å². The molecule has 0 unspecified atom stereocenters. The van der Waals surface area contributed by atoms with Gasteiger partial charge in [-0.05, 0) is 13.0 Å². The highest BCUT2D eigenvalue weighted by atomic mass is 35.5. The monoisotopic (exact) mass is 233 g/mol. The lowest BCUT2D eigenvalue weighted by Crippen LogP contribution is -2.06. The molecular formula is C10H13ClFNO2. The Kier molecular flexibility index (Phi) is 4.17. The third kappa shape index (κ3) is 2.33. The first-order valence-corrected chi connectivity index (χ1v) is 4.82. The molecular weight excluding hydrogens is 221 g/mol. The van der Waals surface area contributed by atoms with Crippen molar-refractivity contribution < 1.29 is 13.9 Å². The Hall–Kier alpha value is -1.00. The molecule has 0 aliphatic rings. The lowest BCUT2D eigenvalue weighted by molar-refractivity contribution is 0.349. The fraction of sp³-hybridized carbons (Fsp3) is 0.400. The van der Waals surface area contributed by atoms with Crippen LogP contribution in [0.15, 0.2) is 6.07 Å². The van der Waals surface area contributed by atoms with Gasteiger partial charge in [-0.2, -0.15) is 0 Å². The van der Waals surface area contributed by atoms with E-state index in [0.717, 1.165) is 0 Å². The van der Waals surface area contributed by atoms with Gasteiger partial charge in [0.15, 0.2) is 11.5 Å². The Morgan fingerprint density at radius 2 is 2.07 bits per heavy atom. The van der Waals surface area contributed by atoms with Crippen LogP contribution in [0.3, 0.4) is 0 Å². The molecule has 15 heavy (non-hydrogen) atoms. The van der Waals surface area contributed by atoms with E-state index in [1.54, 1.807) is 0 Å². The SMILES string of the molecule is COc1cc(F)c(Cl)c(CCN)c1OC. The van der Waals surface area contributed by atoms with Crippen molar-refractivity contribution in [2.24, 2.45) is 5.73 Å². The lowest BCUT2D eigenvalue weighted by Gasteiger charge is -2.14. The van der Waals surface area contributed by atoms with E-state index in [0.29, 0.717) is 30.0 Å². The number of ether oxygens (including phenoxy) is 2. The third-order valence-electron chi connectivity index (χ3n) is 2.05. The zero-order valence-corrected chi connectivity index (χ0v) is 9.40. The predicted octanol–water partition coefficient (Wildman–Crippen LogP) is 2.00. The molecule has 0 fully saturated rings. The second-order valence-corrected chi connectivity index (χ2v) is 3.30. The van der Waals surface area contributed by atoms with Crippen molar-refractivity contribution in [2.75, 3.05) is 20.8 Å². The van der Waals surface area contributed by atoms with Gasteiger partial charge in [0.2, 0.25) is 0 Å². The molecule has 0 saturated carbocycles. The minimum Gasteiger partial charge on any atom is -0.493 e. The number of hydrogen-bond donors (Lipinski definition) is 1. The number of methoxy groups -OCH3 is 2. The molecule has 84 valence electrons. The first kappa shape index (κ1) is 12.1. The Balaban J connectivity index is 3.35. The summed E-state index contributed by atoms with van der Waals surface area (Å²) in [5.41, 5.74) is 5.96. The van der Waals surface area contributed by atoms with Gasteiger partial charge in [0.1, 0.15) is 5.82 Å². The molecule has 0 heterocycles. The van der Waals surface area contributed by atoms with Crippen LogP contribution < -0.4 is 15.2 Å². The van der Waals surface area contributed by atoms with Crippen molar-refractivity contribution >= 4 is 11.6 Å². The van der Waals surface area contributed by atoms with E-state index in [1.165, 1.54) is 20.3 Å². The molecule has 0 aromatic heterocycles. The molecule has 5 heteroatoms. The van der Waals surface area contributed by atoms with Gasteiger partial charge in [-0.3, -0.25) is 0 Å². The Labute approximate surface area is 92.9 Å². The summed E-state index contributed by atoms with van der Waals surface area (Å²) in [5, 5.41) is 0.0399. The van der Waals surface area contributed by atoms with Crippen molar-refractivity contribution in [2.45, 2.75) is 6.42 Å². The maximum atomic E-state index is 13.4. The van der Waals surface area contributed by atoms with Crippen LogP contribution in [0.1, 0.15) is 5.56 Å². The van der Waals surface area contributed by atoms with Crippen LogP contribution in [0.2, 0.25) is 5.02 Å². The fourth-order valence-corrected chi connectivity index (χ4v) is 1.61. The molecule has 2 N–H and O–H groups in total. The van der Waals surface area contributed by atoms with Gasteiger partial charge >= 0.3 is 0 Å². The van der Waals surface area contributed by atoms with E-state index in [9.17, 15) is 4.39 Å². The largest absolute Gasteiger partial charge is 0.493 e. The van der Waals surface area contributed by atoms with Gasteiger partial charge < -0.3 is 15.2 Å². The standard InChI is InChI=1S/C10H13ClFNO2/c1-14-8-5-7(12)9(11)6(3-4-13)10(8)15-2/h5H,3-4,13H2,1-2H3. The van der Waals surface area contributed by atoms with Crippen molar-refractivity contribution in [3.8, 4) is 11.5 Å². The van der Waals surface area contributed by atoms with Crippen molar-refractivity contribution in [1.29, 1.82) is 0 Å². The van der Waals surface area contributed by atoms with E-state index in [2.05, 4.69) is 0 Å². The van der Waals surface area contributed by atoms with Crippen molar-refractivity contribution in [3.05, 3.63) is 22.5 Å². The average Bonchev–Trinajstić information content (AvgIpc) is 2.24. The molecule has 0 aliphatic heterocycles. The van der Waals surface area contributed by atoms with Crippen molar-refractivity contribution in [1.82, 2.24) is 0 Å². The summed E-state index contributed by atoms with van der Waals surface area (Å²) < 4.78 is 23.5. The topological polar surface area (TPSA) is 44.5 Å². The minimum atomic E-state index is -0.530. The number of benzene rings is 1. The minimum absolute atomic E-state index is 0.0399. The van der Waals surface area contributed by atoms with Crippen LogP contribution in [-0.4, -0.2) is 20.8 Å². The molecule has 3 nitrogen and oxygen atoms in total. The first-order chi connectivity index (χ1) is 7.15. The number of halogens is 2. The van der Waals surface area contributed by atoms with Gasteiger partial charge in [0, 0.05) is 11.6 Å². The molecule has 0 amide bonds. The molecule has 0 atom stereocenters. The summed E-state index contributed by atoms with van der Waals surface area (Å²) in [5.74, 6) is 0.231. The van der Waals surface area contributed by atoms with Crippen molar-refractivity contribution in [3.63, 3.8) is 0 Å². The van der Waals surface area contributed by atoms with Crippen LogP contribution in [0.25, 0.3) is 0 Å². The number of rotatable bonds is 4. The zero-order valence-electron chi connectivity index (χ0n) is 8.64. The Morgan fingerprint density at radius 1 is 1.40 bits per heavy atom. The number of hydrogen-bond acceptors (Lipinski definition) is 3. The summed E-state index contributed by atoms with van der Waals surface area (Å²) >= 11 is 5.82. The first-order valence-electron chi connectivity index (χ1n) is 4.44. The summed E-state index contributed by atoms with van der Waals surface area (Å²) in [6, 6.07) is 1.20. The van der Waals surface area contributed by atoms with Crippen LogP contribution in [0.4, 0.5) is 4.39 Å². The lowest BCUT2D eigenvalue weighted by atomic mass is 10.1. The van der Waals surface area contributed by atoms with E-state index in [4.69, 9.17) is 26.8 Å². The van der Waals surface area contributed by atoms with Gasteiger partial charge in [0.25, 0.3) is 0 Å². The number of nitrogens with two attached hydrogens (primary N) is 1. The zero-order chi connectivity index (χ0) is 11.4. The molecule has 0 spiro atoms. The Morgan fingerprint density at radius 3 is 2.53 bits per heavy atom. The second kappa shape index (κ2) is 5.19. The predicted molar refractivity (Wildman–Crippen MR) is 57.3 cm³/mol. The van der Waals surface area contributed by atoms with Crippen LogP contribution in [0, 0.1) is 5.82 Å². The van der Waals surface area contributed by atoms with E-state index in [1.807, 2.05) is 0 Å². The van der Waals surface area contributed by atoms with Gasteiger partial charge in [-0.1, -0.05) is 11.6 Å². The van der Waals surface area contributed by atoms with E-state index >= 15 is 0 Å². The molecule has 0 saturated heterocycles. The highest BCUT2D eigenvalue weighted by Crippen LogP contribution is 2.37. The maximum absolute atomic E-state index is 13.4. The normalized spacial score (nSPS) is 10.2. The summed E-state index contributed by atoms with van der Waals surface area (Å²) in [4.78, 5) is 0. The summed E-state index contributed by atoms with van der Waals surface area (Å²) in [6.07, 6.45) is 0.441. The second-order valence-electron chi connectivity index (χ2n) is 2.93. The molecule has 1 aromatic carbocycles. The Bertz CT molecular complexity index is 358. The summed E-state index contributed by atoms with van der Waals surface area (Å²) in [7, 11) is 2.92. The molecule has 1 aromatic rings. The highest BCUT2D eigenvalue weighted by Gasteiger charge is 2.17. The molecule has 0 radical (unpaired) electrons. The van der Waals surface area contributed by atoms with Gasteiger partial charge in [-0.25, -0.2) is 4.39 Å². The molecule has 1 rings (SSSR count). The van der Waals surface area contributed by atoms with Crippen LogP contribution in [-0.2, 0) is 6.42 Å². The van der Waals surface area contributed by atoms with E-state index < -0.39 is 5.82 Å². The highest BCUT2D eigenvalue weighted by molar-refractivity contribution is 6.31. The molecule has 0 aliphatic carbocycles. The quantitative estimate of drug-likeness (QED) is 0.865. The smallest absolute Gasteiger partial charge is 0.165 e. The average molecular weight is 234 g/mol. The summed E-state index contributed by atoms with van der Waals surface area (Å²) in [6.45, 7) is 0.364. The fourth-order valence-electron chi connectivity index (χ4n) is 1.38. The maximum Gasteiger partial charge on any atom is 0.165 e. The molecule has 0 bridgehead atoms. The van der Waals surface area contributed by atoms with Crippen LogP contribution >= 0.6 is 11.6 Å². The third-order valence-corrected chi connectivity index (χ3v) is 2.46. The van der Waals surface area contributed by atoms with E-state index in [-0.39, 0.29) is 5.02 Å². The van der Waals surface area contributed by atoms with Crippen LogP contribution in [0.5, 0.6) is 11.5 Å².